The Morgan fingerprint density at radius 1 is 0.903 bits per heavy atom. The molecule has 0 bridgehead atoms. The van der Waals surface area contributed by atoms with Crippen molar-refractivity contribution in [1.82, 2.24) is 0 Å². The van der Waals surface area contributed by atoms with Gasteiger partial charge in [0.05, 0.1) is 43.1 Å². The number of nitrogens with two attached hydrogens (primary N) is 2. The normalized spacial score (nSPS) is 15.0. The first-order chi connectivity index (χ1) is 15.0. The van der Waals surface area contributed by atoms with Gasteiger partial charge in [-0.05, 0) is 17.7 Å². The predicted molar refractivity (Wildman–Crippen MR) is 115 cm³/mol. The topological polar surface area (TPSA) is 173 Å². The Labute approximate surface area is 180 Å². The number of ether oxygens (including phenoxy) is 1. The highest BCUT2D eigenvalue weighted by molar-refractivity contribution is 5.68. The quantitative estimate of drug-likeness (QED) is 0.372. The molecule has 0 spiro atoms. The van der Waals surface area contributed by atoms with Gasteiger partial charge in [-0.15, -0.1) is 0 Å². The van der Waals surface area contributed by atoms with Crippen LogP contribution >= 0.6 is 0 Å². The lowest BCUT2D eigenvalue weighted by molar-refractivity contribution is -0.635. The van der Waals surface area contributed by atoms with Crippen LogP contribution in [0.3, 0.4) is 0 Å². The monoisotopic (exact) mass is 432 g/mol. The molecule has 11 nitrogen and oxygen atoms in total. The smallest absolute Gasteiger partial charge is 0.284 e. The maximum absolute atomic E-state index is 10.9. The van der Waals surface area contributed by atoms with Crippen LogP contribution in [0.1, 0.15) is 37.2 Å². The van der Waals surface area contributed by atoms with E-state index in [0.717, 1.165) is 0 Å². The summed E-state index contributed by atoms with van der Waals surface area (Å²) in [5.41, 5.74) is -1.90. The number of benzene rings is 1. The van der Waals surface area contributed by atoms with E-state index in [9.17, 15) is 20.2 Å². The molecule has 2 heterocycles. The van der Waals surface area contributed by atoms with Crippen molar-refractivity contribution in [3.05, 3.63) is 72.3 Å². The Morgan fingerprint density at radius 3 is 1.52 bits per heavy atom. The molecule has 0 aliphatic carbocycles. The molecule has 0 atom stereocenters. The number of hydrogen-bond donors (Lipinski definition) is 2. The van der Waals surface area contributed by atoms with E-state index in [1.807, 2.05) is 0 Å². The van der Waals surface area contributed by atoms with Gasteiger partial charge in [0.25, 0.3) is 11.4 Å². The van der Waals surface area contributed by atoms with Crippen LogP contribution in [0, 0.1) is 20.2 Å². The fourth-order valence-electron chi connectivity index (χ4n) is 3.11. The van der Waals surface area contributed by atoms with Gasteiger partial charge in [0.2, 0.25) is 0 Å². The highest BCUT2D eigenvalue weighted by atomic mass is 16.6. The molecule has 0 unspecified atom stereocenters. The first-order valence-corrected chi connectivity index (χ1v) is 10.1. The van der Waals surface area contributed by atoms with Crippen molar-refractivity contribution >= 4 is 11.7 Å². The molecule has 2 aliphatic heterocycles. The first kappa shape index (κ1) is 25.7. The number of nitrogens with zero attached hydrogens (tertiary/aromatic N) is 4. The van der Waals surface area contributed by atoms with Crippen LogP contribution in [0.25, 0.3) is 10.8 Å². The van der Waals surface area contributed by atoms with Crippen LogP contribution in [0.2, 0.25) is 0 Å². The molecule has 3 rings (SSSR count). The Balaban J connectivity index is 0.000000385. The van der Waals surface area contributed by atoms with Crippen molar-refractivity contribution in [2.45, 2.75) is 31.6 Å². The van der Waals surface area contributed by atoms with E-state index in [2.05, 4.69) is 10.6 Å². The minimum Gasteiger partial charge on any atom is -0.758 e. The molecule has 1 aromatic carbocycles. The Morgan fingerprint density at radius 2 is 1.29 bits per heavy atom. The summed E-state index contributed by atoms with van der Waals surface area (Å²) in [6.45, 7) is 5.50. The lowest BCUT2D eigenvalue weighted by Crippen LogP contribution is -2.80. The summed E-state index contributed by atoms with van der Waals surface area (Å²) in [6, 6.07) is 5.49. The molecule has 2 fully saturated rings. The van der Waals surface area contributed by atoms with E-state index in [-0.39, 0.29) is 5.56 Å². The van der Waals surface area contributed by atoms with Crippen molar-refractivity contribution in [3.8, 4) is 5.75 Å². The highest BCUT2D eigenvalue weighted by Gasteiger charge is 2.35. The van der Waals surface area contributed by atoms with Gasteiger partial charge in [0, 0.05) is 25.7 Å². The summed E-state index contributed by atoms with van der Waals surface area (Å²) in [6.07, 6.45) is 5.78. The molecule has 0 radical (unpaired) electrons. The molecule has 11 heteroatoms. The lowest BCUT2D eigenvalue weighted by Gasteiger charge is -2.12. The van der Waals surface area contributed by atoms with Crippen LogP contribution in [0.5, 0.6) is 5.75 Å². The number of methoxy groups -OCH3 is 1. The first-order valence-electron chi connectivity index (χ1n) is 10.1. The van der Waals surface area contributed by atoms with Crippen LogP contribution < -0.4 is 15.4 Å². The van der Waals surface area contributed by atoms with E-state index in [1.54, 1.807) is 0 Å². The van der Waals surface area contributed by atoms with Gasteiger partial charge in [-0.1, -0.05) is 12.1 Å². The second-order valence-corrected chi connectivity index (χ2v) is 6.86. The molecule has 0 amide bonds. The summed E-state index contributed by atoms with van der Waals surface area (Å²) in [4.78, 5) is 19.7. The van der Waals surface area contributed by atoms with Crippen LogP contribution in [0.15, 0.2) is 35.7 Å². The van der Waals surface area contributed by atoms with Crippen LogP contribution in [-0.4, -0.2) is 54.9 Å². The minimum absolute atomic E-state index is 0.0808. The van der Waals surface area contributed by atoms with E-state index in [1.165, 1.54) is 95.0 Å². The molecule has 0 aromatic heterocycles. The summed E-state index contributed by atoms with van der Waals surface area (Å²) in [7, 11) is 1.40. The Kier molecular flexibility index (Phi) is 12.1. The second kappa shape index (κ2) is 14.6. The third-order valence-corrected chi connectivity index (χ3v) is 4.75. The van der Waals surface area contributed by atoms with Crippen molar-refractivity contribution in [2.75, 3.05) is 33.3 Å². The number of nitro groups is 2. The van der Waals surface area contributed by atoms with E-state index >= 15 is 0 Å². The highest BCUT2D eigenvalue weighted by Crippen LogP contribution is 2.31. The van der Waals surface area contributed by atoms with Crippen molar-refractivity contribution in [2.24, 2.45) is 0 Å². The molecular weight excluding hydrogens is 404 g/mol. The molecule has 0 saturated carbocycles. The summed E-state index contributed by atoms with van der Waals surface area (Å²) >= 11 is 0. The maximum atomic E-state index is 10.9. The fraction of sp³-hybridized carbons (Fsp3) is 0.500. The van der Waals surface area contributed by atoms with Gasteiger partial charge in [0.15, 0.2) is 5.92 Å². The molecule has 1 aromatic rings. The lowest BCUT2D eigenvalue weighted by atomic mass is 9.93. The Bertz CT molecular complexity index is 760. The summed E-state index contributed by atoms with van der Waals surface area (Å²) in [5.74, 6) is 1.40. The standard InChI is InChI=1S/C12H8N4O5.2C4H9N/c1-21-9-4-2-8(3-5-9)12(10(6-13)15(17)18)11(7-14)16(19)20;2*1-2-4-5-3-1/h2-5,12H,1H3;2*5H,1-4H2/q-2;;/p+2. The van der Waals surface area contributed by atoms with Gasteiger partial charge in [0.1, 0.15) is 5.75 Å². The largest absolute Gasteiger partial charge is 0.758 e. The maximum Gasteiger partial charge on any atom is 0.284 e. The molecule has 2 aliphatic rings. The fourth-order valence-corrected chi connectivity index (χ4v) is 3.11. The van der Waals surface area contributed by atoms with E-state index in [4.69, 9.17) is 15.6 Å². The van der Waals surface area contributed by atoms with Crippen LogP contribution in [-0.2, 0) is 0 Å². The third kappa shape index (κ3) is 8.90. The summed E-state index contributed by atoms with van der Waals surface area (Å²) in [5, 5.41) is 44.2. The summed E-state index contributed by atoms with van der Waals surface area (Å²) < 4.78 is 4.91. The van der Waals surface area contributed by atoms with Crippen molar-refractivity contribution < 1.29 is 25.2 Å². The average molecular weight is 432 g/mol. The molecule has 2 saturated heterocycles. The van der Waals surface area contributed by atoms with E-state index in [0.29, 0.717) is 5.75 Å². The zero-order valence-electron chi connectivity index (χ0n) is 17.5. The molecule has 31 heavy (non-hydrogen) atoms. The molecule has 168 valence electrons. The van der Waals surface area contributed by atoms with Crippen molar-refractivity contribution in [1.29, 1.82) is 0 Å². The number of quaternary nitrogens is 2. The van der Waals surface area contributed by atoms with Gasteiger partial charge < -0.3 is 26.2 Å². The van der Waals surface area contributed by atoms with Crippen molar-refractivity contribution in [3.63, 3.8) is 0 Å². The third-order valence-electron chi connectivity index (χ3n) is 4.75. The number of rotatable bonds is 6. The predicted octanol–water partition coefficient (Wildman–Crippen LogP) is 0.265. The average Bonchev–Trinajstić information content (AvgIpc) is 3.52. The van der Waals surface area contributed by atoms with Gasteiger partial charge in [-0.3, -0.25) is 20.2 Å². The van der Waals surface area contributed by atoms with Gasteiger partial charge in [-0.2, -0.15) is 11.7 Å². The minimum atomic E-state index is -1.64. The molecular formula is C20H28N6O5. The van der Waals surface area contributed by atoms with Crippen LogP contribution in [0.4, 0.5) is 0 Å². The zero-order valence-corrected chi connectivity index (χ0v) is 17.5. The zero-order chi connectivity index (χ0) is 23.1. The molecule has 4 N–H and O–H groups in total. The van der Waals surface area contributed by atoms with Gasteiger partial charge >= 0.3 is 0 Å². The van der Waals surface area contributed by atoms with Gasteiger partial charge in [-0.25, -0.2) is 0 Å². The number of hydrogen-bond acceptors (Lipinski definition) is 5. The second-order valence-electron chi connectivity index (χ2n) is 6.86. The van der Waals surface area contributed by atoms with E-state index < -0.39 is 27.2 Å². The Hall–Kier alpha value is -3.36. The SMILES string of the molecule is C1CC[NH2+]C1.C1CC[NH2+]C1.COc1ccc(C(C(=C=[N-])[N+](=O)[O-])C(=C=[N-])[N+](=O)[O-])cc1.